The summed E-state index contributed by atoms with van der Waals surface area (Å²) in [5.74, 6) is 0. The maximum Gasteiger partial charge on any atom is 0.0483 e. The van der Waals surface area contributed by atoms with Gasteiger partial charge >= 0.3 is 0 Å². The molecule has 0 aliphatic rings. The van der Waals surface area contributed by atoms with E-state index in [0.717, 1.165) is 13.1 Å². The van der Waals surface area contributed by atoms with Crippen molar-refractivity contribution in [1.82, 2.24) is 9.88 Å². The van der Waals surface area contributed by atoms with E-state index in [4.69, 9.17) is 0 Å². The lowest BCUT2D eigenvalue weighted by atomic mass is 10.1. The highest BCUT2D eigenvalue weighted by molar-refractivity contribution is 5.83. The number of fused-ring (bicyclic) bond motifs is 1. The maximum atomic E-state index is 3.49. The Morgan fingerprint density at radius 1 is 1.24 bits per heavy atom. The van der Waals surface area contributed by atoms with Gasteiger partial charge in [-0.25, -0.2) is 0 Å². The van der Waals surface area contributed by atoms with Crippen molar-refractivity contribution in [1.29, 1.82) is 0 Å². The topological polar surface area (TPSA) is 17.0 Å². The first kappa shape index (κ1) is 12.2. The van der Waals surface area contributed by atoms with Gasteiger partial charge in [-0.15, -0.1) is 0 Å². The Morgan fingerprint density at radius 2 is 2.06 bits per heavy atom. The van der Waals surface area contributed by atoms with Crippen molar-refractivity contribution in [2.45, 2.75) is 46.3 Å². The quantitative estimate of drug-likeness (QED) is 0.831. The SMILES string of the molecule is CCCn1ccc2c(CNC(C)C)cccc21. The molecule has 0 fully saturated rings. The van der Waals surface area contributed by atoms with Crippen LogP contribution in [0.4, 0.5) is 0 Å². The van der Waals surface area contributed by atoms with Gasteiger partial charge in [-0.2, -0.15) is 0 Å². The molecule has 1 aromatic heterocycles. The number of benzene rings is 1. The average Bonchev–Trinajstić information content (AvgIpc) is 2.71. The number of rotatable bonds is 5. The van der Waals surface area contributed by atoms with E-state index in [1.807, 2.05) is 0 Å². The number of nitrogens with zero attached hydrogens (tertiary/aromatic N) is 1. The fourth-order valence-electron chi connectivity index (χ4n) is 2.19. The molecule has 1 heterocycles. The Hall–Kier alpha value is -1.28. The molecule has 0 saturated heterocycles. The molecule has 2 nitrogen and oxygen atoms in total. The third-order valence-corrected chi connectivity index (χ3v) is 3.07. The van der Waals surface area contributed by atoms with Gasteiger partial charge in [0.05, 0.1) is 0 Å². The monoisotopic (exact) mass is 230 g/mol. The molecule has 0 aliphatic heterocycles. The van der Waals surface area contributed by atoms with E-state index in [2.05, 4.69) is 61.1 Å². The van der Waals surface area contributed by atoms with E-state index in [1.165, 1.54) is 22.9 Å². The summed E-state index contributed by atoms with van der Waals surface area (Å²) >= 11 is 0. The van der Waals surface area contributed by atoms with Crippen molar-refractivity contribution >= 4 is 10.9 Å². The molecule has 2 heteroatoms. The van der Waals surface area contributed by atoms with Crippen LogP contribution in [0, 0.1) is 0 Å². The van der Waals surface area contributed by atoms with E-state index in [0.29, 0.717) is 6.04 Å². The molecular formula is C15H22N2. The van der Waals surface area contributed by atoms with Crippen LogP contribution in [0.2, 0.25) is 0 Å². The Bertz CT molecular complexity index is 483. The third-order valence-electron chi connectivity index (χ3n) is 3.07. The smallest absolute Gasteiger partial charge is 0.0483 e. The second-order valence-corrected chi connectivity index (χ2v) is 4.89. The van der Waals surface area contributed by atoms with Crippen LogP contribution >= 0.6 is 0 Å². The van der Waals surface area contributed by atoms with Crippen molar-refractivity contribution in [2.24, 2.45) is 0 Å². The predicted octanol–water partition coefficient (Wildman–Crippen LogP) is 3.55. The van der Waals surface area contributed by atoms with Crippen molar-refractivity contribution in [3.8, 4) is 0 Å². The fraction of sp³-hybridized carbons (Fsp3) is 0.467. The van der Waals surface area contributed by atoms with E-state index in [1.54, 1.807) is 0 Å². The first-order valence-electron chi connectivity index (χ1n) is 6.52. The van der Waals surface area contributed by atoms with Crippen LogP contribution in [-0.2, 0) is 13.1 Å². The van der Waals surface area contributed by atoms with Crippen LogP contribution in [0.1, 0.15) is 32.8 Å². The molecule has 0 amide bonds. The lowest BCUT2D eigenvalue weighted by Crippen LogP contribution is -2.21. The standard InChI is InChI=1S/C15H22N2/c1-4-9-17-10-8-14-13(11-16-12(2)3)6-5-7-15(14)17/h5-8,10,12,16H,4,9,11H2,1-3H3. The lowest BCUT2D eigenvalue weighted by Gasteiger charge is -2.10. The van der Waals surface area contributed by atoms with Crippen molar-refractivity contribution in [3.05, 3.63) is 36.0 Å². The van der Waals surface area contributed by atoms with Gasteiger partial charge in [0, 0.05) is 36.2 Å². The molecule has 1 N–H and O–H groups in total. The van der Waals surface area contributed by atoms with Gasteiger partial charge in [-0.1, -0.05) is 32.9 Å². The van der Waals surface area contributed by atoms with Crippen LogP contribution in [0.5, 0.6) is 0 Å². The average molecular weight is 230 g/mol. The zero-order valence-corrected chi connectivity index (χ0v) is 11.0. The zero-order chi connectivity index (χ0) is 12.3. The molecule has 0 aliphatic carbocycles. The molecule has 0 spiro atoms. The Balaban J connectivity index is 2.31. The highest BCUT2D eigenvalue weighted by atomic mass is 14.9. The van der Waals surface area contributed by atoms with Crippen molar-refractivity contribution in [3.63, 3.8) is 0 Å². The summed E-state index contributed by atoms with van der Waals surface area (Å²) in [6.07, 6.45) is 3.38. The molecule has 2 aromatic rings. The molecule has 1 aromatic carbocycles. The van der Waals surface area contributed by atoms with E-state index in [9.17, 15) is 0 Å². The molecule has 0 radical (unpaired) electrons. The summed E-state index contributed by atoms with van der Waals surface area (Å²) in [5, 5.41) is 4.87. The Morgan fingerprint density at radius 3 is 2.76 bits per heavy atom. The summed E-state index contributed by atoms with van der Waals surface area (Å²) in [7, 11) is 0. The zero-order valence-electron chi connectivity index (χ0n) is 11.0. The van der Waals surface area contributed by atoms with E-state index < -0.39 is 0 Å². The van der Waals surface area contributed by atoms with Gasteiger partial charge in [-0.05, 0) is 24.1 Å². The number of aromatic nitrogens is 1. The molecule has 17 heavy (non-hydrogen) atoms. The highest BCUT2D eigenvalue weighted by Gasteiger charge is 2.05. The van der Waals surface area contributed by atoms with Crippen LogP contribution < -0.4 is 5.32 Å². The van der Waals surface area contributed by atoms with Gasteiger partial charge < -0.3 is 9.88 Å². The Labute approximate surface area is 104 Å². The molecule has 0 bridgehead atoms. The summed E-state index contributed by atoms with van der Waals surface area (Å²) in [6.45, 7) is 8.64. The van der Waals surface area contributed by atoms with Gasteiger partial charge in [0.2, 0.25) is 0 Å². The number of hydrogen-bond acceptors (Lipinski definition) is 1. The second-order valence-electron chi connectivity index (χ2n) is 4.89. The largest absolute Gasteiger partial charge is 0.347 e. The highest BCUT2D eigenvalue weighted by Crippen LogP contribution is 2.20. The summed E-state index contributed by atoms with van der Waals surface area (Å²) in [6, 6.07) is 9.36. The summed E-state index contributed by atoms with van der Waals surface area (Å²) in [4.78, 5) is 0. The first-order chi connectivity index (χ1) is 8.22. The lowest BCUT2D eigenvalue weighted by molar-refractivity contribution is 0.590. The molecule has 0 saturated carbocycles. The number of aryl methyl sites for hydroxylation is 1. The molecule has 2 rings (SSSR count). The minimum atomic E-state index is 0.531. The van der Waals surface area contributed by atoms with Crippen molar-refractivity contribution in [2.75, 3.05) is 0 Å². The fourth-order valence-corrected chi connectivity index (χ4v) is 2.19. The summed E-state index contributed by atoms with van der Waals surface area (Å²) in [5.41, 5.74) is 2.75. The maximum absolute atomic E-state index is 3.49. The molecule has 0 atom stereocenters. The summed E-state index contributed by atoms with van der Waals surface area (Å²) < 4.78 is 2.34. The van der Waals surface area contributed by atoms with Gasteiger partial charge in [-0.3, -0.25) is 0 Å². The van der Waals surface area contributed by atoms with E-state index >= 15 is 0 Å². The Kier molecular flexibility index (Phi) is 3.85. The number of hydrogen-bond donors (Lipinski definition) is 1. The van der Waals surface area contributed by atoms with E-state index in [-0.39, 0.29) is 0 Å². The number of nitrogens with one attached hydrogen (secondary N) is 1. The second kappa shape index (κ2) is 5.37. The van der Waals surface area contributed by atoms with Gasteiger partial charge in [0.15, 0.2) is 0 Å². The minimum Gasteiger partial charge on any atom is -0.347 e. The van der Waals surface area contributed by atoms with Crippen LogP contribution in [0.15, 0.2) is 30.5 Å². The predicted molar refractivity (Wildman–Crippen MR) is 74.2 cm³/mol. The third kappa shape index (κ3) is 2.70. The van der Waals surface area contributed by atoms with Crippen LogP contribution in [0.25, 0.3) is 10.9 Å². The molecule has 0 unspecified atom stereocenters. The van der Waals surface area contributed by atoms with Crippen molar-refractivity contribution < 1.29 is 0 Å². The first-order valence-corrected chi connectivity index (χ1v) is 6.52. The molecule has 92 valence electrons. The normalized spacial score (nSPS) is 11.5. The van der Waals surface area contributed by atoms with Crippen LogP contribution in [0.3, 0.4) is 0 Å². The van der Waals surface area contributed by atoms with Gasteiger partial charge in [0.1, 0.15) is 0 Å². The van der Waals surface area contributed by atoms with Crippen LogP contribution in [-0.4, -0.2) is 10.6 Å². The van der Waals surface area contributed by atoms with Gasteiger partial charge in [0.25, 0.3) is 0 Å². The molecular weight excluding hydrogens is 208 g/mol. The minimum absolute atomic E-state index is 0.531.